The zero-order chi connectivity index (χ0) is 32.5. The van der Waals surface area contributed by atoms with Crippen molar-refractivity contribution in [2.45, 2.75) is 67.8 Å². The largest absolute Gasteiger partial charge is 0.508 e. The lowest BCUT2D eigenvalue weighted by atomic mass is 10.00. The van der Waals surface area contributed by atoms with Crippen LogP contribution in [0, 0.1) is 0 Å². The van der Waals surface area contributed by atoms with E-state index < -0.39 is 69.8 Å². The first-order chi connectivity index (χ1) is 19.9. The molecule has 0 bridgehead atoms. The molecule has 0 saturated carbocycles. The summed E-state index contributed by atoms with van der Waals surface area (Å²) in [5, 5.41) is 29.0. The summed E-state index contributed by atoms with van der Waals surface area (Å²) < 4.78 is -2.18. The fourth-order valence-corrected chi connectivity index (χ4v) is 4.34. The maximum atomic E-state index is 13.2. The van der Waals surface area contributed by atoms with Crippen LogP contribution in [0.2, 0.25) is 0 Å². The van der Waals surface area contributed by atoms with Gasteiger partial charge in [0.1, 0.15) is 23.9 Å². The third kappa shape index (κ3) is 11.1. The second-order valence-electron chi connectivity index (χ2n) is 11.1. The molecule has 43 heavy (non-hydrogen) atoms. The molecule has 0 fully saturated rings. The van der Waals surface area contributed by atoms with Crippen molar-refractivity contribution in [1.82, 2.24) is 21.3 Å². The van der Waals surface area contributed by atoms with Gasteiger partial charge in [-0.1, -0.05) is 42.5 Å². The Kier molecular flexibility index (Phi) is 12.5. The molecular formula is C29H39N5O7S2. The Hall–Kier alpha value is -3.75. The third-order valence-electron chi connectivity index (χ3n) is 6.35. The van der Waals surface area contributed by atoms with Crippen molar-refractivity contribution in [1.29, 1.82) is 0 Å². The third-order valence-corrected chi connectivity index (χ3v) is 6.86. The van der Waals surface area contributed by atoms with Gasteiger partial charge in [-0.05, 0) is 57.4 Å². The minimum Gasteiger partial charge on any atom is -0.508 e. The van der Waals surface area contributed by atoms with E-state index in [-0.39, 0.29) is 12.2 Å². The van der Waals surface area contributed by atoms with Crippen LogP contribution in [-0.2, 0) is 30.4 Å². The van der Waals surface area contributed by atoms with Gasteiger partial charge in [0.25, 0.3) is 0 Å². The Labute approximate surface area is 261 Å². The number of amides is 4. The maximum Gasteiger partial charge on any atom is 0.327 e. The van der Waals surface area contributed by atoms with Crippen LogP contribution in [0.5, 0.6) is 5.75 Å². The molecule has 4 atom stereocenters. The van der Waals surface area contributed by atoms with Crippen LogP contribution in [0.4, 0.5) is 0 Å². The highest BCUT2D eigenvalue weighted by Crippen LogP contribution is 2.21. The number of rotatable bonds is 14. The summed E-state index contributed by atoms with van der Waals surface area (Å²) in [4.78, 5) is 63.7. The fourth-order valence-electron chi connectivity index (χ4n) is 3.98. The normalized spacial score (nSPS) is 14.4. The Morgan fingerprint density at radius 3 is 1.84 bits per heavy atom. The summed E-state index contributed by atoms with van der Waals surface area (Å²) in [7, 11) is 0. The van der Waals surface area contributed by atoms with E-state index in [1.165, 1.54) is 26.0 Å². The second kappa shape index (κ2) is 15.1. The van der Waals surface area contributed by atoms with Crippen LogP contribution in [-0.4, -0.2) is 74.0 Å². The van der Waals surface area contributed by atoms with E-state index in [1.807, 2.05) is 0 Å². The van der Waals surface area contributed by atoms with Crippen LogP contribution in [0.15, 0.2) is 54.6 Å². The number of nitrogens with two attached hydrogens (primary N) is 1. The summed E-state index contributed by atoms with van der Waals surface area (Å²) in [6, 6.07) is 9.51. The molecule has 0 heterocycles. The molecule has 2 aromatic rings. The molecule has 234 valence electrons. The molecule has 0 aromatic heterocycles. The number of benzene rings is 2. The van der Waals surface area contributed by atoms with E-state index >= 15 is 0 Å². The van der Waals surface area contributed by atoms with Crippen molar-refractivity contribution in [2.75, 3.05) is 6.54 Å². The Morgan fingerprint density at radius 1 is 0.791 bits per heavy atom. The SMILES string of the molecule is CC(C)(S)[C@@H](NC(=O)[C@@H](NC(=O)CNC(=O)[C@H](NC(=O)[C@@H](N)Cc1ccc(O)cc1)C(C)(C)S)c1ccccc1)C(=O)O. The van der Waals surface area contributed by atoms with E-state index in [1.54, 1.807) is 56.3 Å². The molecule has 0 aliphatic carbocycles. The van der Waals surface area contributed by atoms with E-state index in [4.69, 9.17) is 5.73 Å². The molecule has 2 rings (SSSR count). The van der Waals surface area contributed by atoms with Gasteiger partial charge in [-0.15, -0.1) is 0 Å². The molecule has 2 aromatic carbocycles. The molecular weight excluding hydrogens is 594 g/mol. The summed E-state index contributed by atoms with van der Waals surface area (Å²) >= 11 is 8.71. The number of phenolic OH excluding ortho intramolecular Hbond substituents is 1. The molecule has 14 heteroatoms. The van der Waals surface area contributed by atoms with Gasteiger partial charge in [0.15, 0.2) is 0 Å². The molecule has 4 amide bonds. The van der Waals surface area contributed by atoms with Gasteiger partial charge in [0, 0.05) is 9.49 Å². The first-order valence-corrected chi connectivity index (χ1v) is 14.2. The number of phenols is 1. The highest BCUT2D eigenvalue weighted by Gasteiger charge is 2.37. The van der Waals surface area contributed by atoms with Gasteiger partial charge in [0.05, 0.1) is 12.6 Å². The molecule has 0 radical (unpaired) electrons. The quantitative estimate of drug-likeness (QED) is 0.135. The van der Waals surface area contributed by atoms with Gasteiger partial charge >= 0.3 is 5.97 Å². The zero-order valence-electron chi connectivity index (χ0n) is 24.3. The van der Waals surface area contributed by atoms with Gasteiger partial charge in [-0.2, -0.15) is 25.3 Å². The van der Waals surface area contributed by atoms with Crippen molar-refractivity contribution in [3.05, 3.63) is 65.7 Å². The highest BCUT2D eigenvalue weighted by atomic mass is 32.1. The summed E-state index contributed by atoms with van der Waals surface area (Å²) in [5.74, 6) is -4.11. The molecule has 0 unspecified atom stereocenters. The standard InChI is InChI=1S/C29H39N5O7S2/c1-28(2,42)22(33-24(37)19(30)14-16-10-12-18(35)13-11-16)26(39)31-15-20(36)32-21(17-8-6-5-7-9-17)25(38)34-23(27(40)41)29(3,4)43/h5-13,19,21-23,35,42-43H,14-15,30H2,1-4H3,(H,31,39)(H,32,36)(H,33,37)(H,34,38)(H,40,41)/t19-,21-,22-,23-/m0/s1. The van der Waals surface area contributed by atoms with Gasteiger partial charge < -0.3 is 37.2 Å². The van der Waals surface area contributed by atoms with E-state index in [2.05, 4.69) is 46.5 Å². The van der Waals surface area contributed by atoms with Gasteiger partial charge in [-0.3, -0.25) is 19.2 Å². The zero-order valence-corrected chi connectivity index (χ0v) is 26.1. The number of hydrogen-bond acceptors (Lipinski definition) is 9. The minimum atomic E-state index is -1.37. The van der Waals surface area contributed by atoms with Crippen LogP contribution >= 0.6 is 25.3 Å². The second-order valence-corrected chi connectivity index (χ2v) is 13.4. The number of aliphatic carboxylic acids is 1. The van der Waals surface area contributed by atoms with Gasteiger partial charge in [0.2, 0.25) is 23.6 Å². The molecule has 0 spiro atoms. The molecule has 0 aliphatic heterocycles. The van der Waals surface area contributed by atoms with Gasteiger partial charge in [-0.25, -0.2) is 4.79 Å². The van der Waals surface area contributed by atoms with Crippen molar-refractivity contribution >= 4 is 54.9 Å². The molecule has 0 saturated heterocycles. The number of carbonyl (C=O) groups excluding carboxylic acids is 4. The summed E-state index contributed by atoms with van der Waals surface area (Å²) in [6.45, 7) is 5.69. The van der Waals surface area contributed by atoms with E-state index in [9.17, 15) is 34.2 Å². The smallest absolute Gasteiger partial charge is 0.327 e. The lowest BCUT2D eigenvalue weighted by Gasteiger charge is -2.30. The van der Waals surface area contributed by atoms with Crippen molar-refractivity contribution < 1.29 is 34.2 Å². The van der Waals surface area contributed by atoms with Crippen LogP contribution in [0.25, 0.3) is 0 Å². The number of carboxylic acid groups (broad SMARTS) is 1. The van der Waals surface area contributed by atoms with E-state index in [0.717, 1.165) is 0 Å². The first-order valence-electron chi connectivity index (χ1n) is 13.3. The average molecular weight is 634 g/mol. The highest BCUT2D eigenvalue weighted by molar-refractivity contribution is 7.82. The van der Waals surface area contributed by atoms with Crippen LogP contribution < -0.4 is 27.0 Å². The minimum absolute atomic E-state index is 0.0705. The molecule has 8 N–H and O–H groups in total. The number of thiol groups is 2. The predicted molar refractivity (Wildman–Crippen MR) is 168 cm³/mol. The fraction of sp³-hybridized carbons (Fsp3) is 0.414. The summed E-state index contributed by atoms with van der Waals surface area (Å²) in [6.07, 6.45) is 0.145. The lowest BCUT2D eigenvalue weighted by molar-refractivity contribution is -0.143. The first kappa shape index (κ1) is 35.4. The number of nitrogens with one attached hydrogen (secondary N) is 4. The van der Waals surface area contributed by atoms with Crippen molar-refractivity contribution in [3.63, 3.8) is 0 Å². The average Bonchev–Trinajstić information content (AvgIpc) is 2.91. The summed E-state index contributed by atoms with van der Waals surface area (Å²) in [5.41, 5.74) is 7.13. The molecule has 12 nitrogen and oxygen atoms in total. The number of aromatic hydroxyl groups is 1. The van der Waals surface area contributed by atoms with E-state index in [0.29, 0.717) is 11.1 Å². The Morgan fingerprint density at radius 2 is 1.33 bits per heavy atom. The van der Waals surface area contributed by atoms with Crippen LogP contribution in [0.1, 0.15) is 44.9 Å². The topological polar surface area (TPSA) is 200 Å². The molecule has 0 aliphatic rings. The lowest BCUT2D eigenvalue weighted by Crippen LogP contribution is -2.59. The predicted octanol–water partition coefficient (Wildman–Crippen LogP) is 0.707. The van der Waals surface area contributed by atoms with Crippen molar-refractivity contribution in [2.24, 2.45) is 5.73 Å². The Balaban J connectivity index is 2.10. The monoisotopic (exact) mass is 633 g/mol. The number of hydrogen-bond donors (Lipinski definition) is 9. The Bertz CT molecular complexity index is 1300. The maximum absolute atomic E-state index is 13.2. The number of carbonyl (C=O) groups is 5. The number of carboxylic acids is 1. The van der Waals surface area contributed by atoms with Crippen LogP contribution in [0.3, 0.4) is 0 Å². The van der Waals surface area contributed by atoms with Crippen molar-refractivity contribution in [3.8, 4) is 5.75 Å².